The molecular formula is C19H28N2O4Si. The number of hydrogen-bond acceptors (Lipinski definition) is 5. The molecule has 142 valence electrons. The molecule has 1 saturated heterocycles. The van der Waals surface area contributed by atoms with Crippen LogP contribution >= 0.6 is 0 Å². The van der Waals surface area contributed by atoms with Crippen molar-refractivity contribution in [2.24, 2.45) is 0 Å². The fraction of sp³-hybridized carbons (Fsp3) is 0.632. The Morgan fingerprint density at radius 1 is 1.42 bits per heavy atom. The van der Waals surface area contributed by atoms with E-state index in [0.29, 0.717) is 12.0 Å². The lowest BCUT2D eigenvalue weighted by molar-refractivity contribution is -0.386. The average molecular weight is 377 g/mol. The smallest absolute Gasteiger partial charge is 0.293 e. The van der Waals surface area contributed by atoms with Crippen molar-refractivity contribution in [3.63, 3.8) is 0 Å². The number of ether oxygens (including phenoxy) is 1. The van der Waals surface area contributed by atoms with Crippen LogP contribution in [-0.4, -0.2) is 29.9 Å². The maximum Gasteiger partial charge on any atom is 0.293 e. The van der Waals surface area contributed by atoms with Crippen LogP contribution in [0.3, 0.4) is 0 Å². The predicted octanol–water partition coefficient (Wildman–Crippen LogP) is 4.93. The zero-order chi connectivity index (χ0) is 19.3. The highest BCUT2D eigenvalue weighted by Crippen LogP contribution is 2.56. The quantitative estimate of drug-likeness (QED) is 0.322. The summed E-state index contributed by atoms with van der Waals surface area (Å²) in [7, 11) is -2.00. The fourth-order valence-corrected chi connectivity index (χ4v) is 4.55. The van der Waals surface area contributed by atoms with Crippen molar-refractivity contribution in [2.45, 2.75) is 76.0 Å². The summed E-state index contributed by atoms with van der Waals surface area (Å²) in [5.74, 6) is 0. The average Bonchev–Trinajstić information content (AvgIpc) is 3.31. The third kappa shape index (κ3) is 3.35. The second kappa shape index (κ2) is 6.25. The van der Waals surface area contributed by atoms with Gasteiger partial charge in [0.1, 0.15) is 6.20 Å². The molecule has 2 aliphatic rings. The standard InChI is InChI=1S/C19H28N2O4Si/c1-13-16(25-26(5,6)18(2,3)4)11-17(24-19(13)8-9-19)14-7-10-20-12-15(14)21(22)23/h7,10,12,16-17H,1,8-9,11H2,2-6H3/t16-,17-/m1/s1. The number of aromatic nitrogens is 1. The second-order valence-electron chi connectivity index (χ2n) is 8.92. The van der Waals surface area contributed by atoms with Gasteiger partial charge in [0.2, 0.25) is 0 Å². The number of nitrogens with zero attached hydrogens (tertiary/aromatic N) is 2. The van der Waals surface area contributed by atoms with Crippen LogP contribution in [0.2, 0.25) is 18.1 Å². The zero-order valence-corrected chi connectivity index (χ0v) is 17.2. The van der Waals surface area contributed by atoms with Crippen LogP contribution in [0.4, 0.5) is 5.69 Å². The Kier molecular flexibility index (Phi) is 4.61. The van der Waals surface area contributed by atoms with Crippen molar-refractivity contribution >= 4 is 14.0 Å². The molecule has 1 aromatic rings. The molecular weight excluding hydrogens is 348 g/mol. The third-order valence-corrected chi connectivity index (χ3v) is 10.6. The Morgan fingerprint density at radius 2 is 2.08 bits per heavy atom. The SMILES string of the molecule is C=C1[C@H](O[Si](C)(C)C(C)(C)C)C[C@H](c2ccncc2[N+](=O)[O-])OC12CC2. The van der Waals surface area contributed by atoms with Crippen molar-refractivity contribution in [1.29, 1.82) is 0 Å². The van der Waals surface area contributed by atoms with Gasteiger partial charge < -0.3 is 9.16 Å². The number of rotatable bonds is 4. The van der Waals surface area contributed by atoms with Crippen LogP contribution in [0, 0.1) is 10.1 Å². The lowest BCUT2D eigenvalue weighted by Gasteiger charge is -2.44. The van der Waals surface area contributed by atoms with Crippen LogP contribution < -0.4 is 0 Å². The minimum absolute atomic E-state index is 0.00638. The summed E-state index contributed by atoms with van der Waals surface area (Å²) in [6.07, 6.45) is 4.73. The summed E-state index contributed by atoms with van der Waals surface area (Å²) in [5.41, 5.74) is 1.20. The summed E-state index contributed by atoms with van der Waals surface area (Å²) < 4.78 is 13.0. The van der Waals surface area contributed by atoms with Gasteiger partial charge in [-0.25, -0.2) is 0 Å². The highest BCUT2D eigenvalue weighted by Gasteiger charge is 2.56. The topological polar surface area (TPSA) is 74.5 Å². The molecule has 1 aliphatic heterocycles. The molecule has 1 aromatic heterocycles. The van der Waals surface area contributed by atoms with Gasteiger partial charge in [-0.15, -0.1) is 0 Å². The van der Waals surface area contributed by atoms with Crippen molar-refractivity contribution < 1.29 is 14.1 Å². The molecule has 6 nitrogen and oxygen atoms in total. The van der Waals surface area contributed by atoms with E-state index >= 15 is 0 Å². The first kappa shape index (κ1) is 19.2. The van der Waals surface area contributed by atoms with Gasteiger partial charge in [0.25, 0.3) is 5.69 Å². The van der Waals surface area contributed by atoms with Crippen LogP contribution in [0.5, 0.6) is 0 Å². The van der Waals surface area contributed by atoms with E-state index in [-0.39, 0.29) is 28.5 Å². The molecule has 2 fully saturated rings. The Labute approximate surface area is 155 Å². The van der Waals surface area contributed by atoms with Gasteiger partial charge in [-0.2, -0.15) is 0 Å². The summed E-state index contributed by atoms with van der Waals surface area (Å²) in [6.45, 7) is 15.4. The van der Waals surface area contributed by atoms with E-state index < -0.39 is 13.2 Å². The van der Waals surface area contributed by atoms with E-state index in [1.54, 1.807) is 12.3 Å². The molecule has 0 N–H and O–H groups in total. The minimum Gasteiger partial charge on any atom is -0.410 e. The summed E-state index contributed by atoms with van der Waals surface area (Å²) in [4.78, 5) is 14.9. The highest BCUT2D eigenvalue weighted by atomic mass is 28.4. The van der Waals surface area contributed by atoms with Gasteiger partial charge in [0.05, 0.1) is 28.3 Å². The molecule has 1 aliphatic carbocycles. The minimum atomic E-state index is -2.00. The fourth-order valence-electron chi connectivity index (χ4n) is 3.24. The molecule has 0 unspecified atom stereocenters. The van der Waals surface area contributed by atoms with Crippen LogP contribution in [-0.2, 0) is 9.16 Å². The molecule has 26 heavy (non-hydrogen) atoms. The van der Waals surface area contributed by atoms with E-state index in [2.05, 4.69) is 45.4 Å². The summed E-state index contributed by atoms with van der Waals surface area (Å²) in [6, 6.07) is 1.69. The predicted molar refractivity (Wildman–Crippen MR) is 103 cm³/mol. The molecule has 2 heterocycles. The van der Waals surface area contributed by atoms with Gasteiger partial charge in [-0.1, -0.05) is 27.4 Å². The van der Waals surface area contributed by atoms with E-state index in [9.17, 15) is 10.1 Å². The van der Waals surface area contributed by atoms with Gasteiger partial charge >= 0.3 is 0 Å². The van der Waals surface area contributed by atoms with Gasteiger partial charge in [0, 0.05) is 12.6 Å². The molecule has 0 amide bonds. The molecule has 0 bridgehead atoms. The van der Waals surface area contributed by atoms with E-state index in [4.69, 9.17) is 9.16 Å². The Morgan fingerprint density at radius 3 is 2.62 bits per heavy atom. The van der Waals surface area contributed by atoms with Crippen LogP contribution in [0.25, 0.3) is 0 Å². The van der Waals surface area contributed by atoms with Gasteiger partial charge in [0.15, 0.2) is 8.32 Å². The summed E-state index contributed by atoms with van der Waals surface area (Å²) >= 11 is 0. The summed E-state index contributed by atoms with van der Waals surface area (Å²) in [5, 5.41) is 11.5. The zero-order valence-electron chi connectivity index (χ0n) is 16.2. The van der Waals surface area contributed by atoms with Crippen molar-refractivity contribution in [1.82, 2.24) is 4.98 Å². The Balaban J connectivity index is 1.91. The Bertz CT molecular complexity index is 737. The molecule has 3 rings (SSSR count). The largest absolute Gasteiger partial charge is 0.410 e. The van der Waals surface area contributed by atoms with Crippen LogP contribution in [0.1, 0.15) is 51.7 Å². The Hall–Kier alpha value is -1.57. The van der Waals surface area contributed by atoms with E-state index in [1.165, 1.54) is 6.20 Å². The normalized spacial score (nSPS) is 25.3. The highest BCUT2D eigenvalue weighted by molar-refractivity contribution is 6.74. The maximum atomic E-state index is 11.4. The monoisotopic (exact) mass is 376 g/mol. The third-order valence-electron chi connectivity index (χ3n) is 6.09. The number of nitro groups is 1. The second-order valence-corrected chi connectivity index (χ2v) is 13.7. The molecule has 1 saturated carbocycles. The maximum absolute atomic E-state index is 11.4. The molecule has 1 spiro atoms. The lowest BCUT2D eigenvalue weighted by Crippen LogP contribution is -2.48. The molecule has 0 aromatic carbocycles. The van der Waals surface area contributed by atoms with Crippen LogP contribution in [0.15, 0.2) is 30.6 Å². The van der Waals surface area contributed by atoms with E-state index in [0.717, 1.165) is 18.4 Å². The number of hydrogen-bond donors (Lipinski definition) is 0. The molecule has 7 heteroatoms. The molecule has 2 atom stereocenters. The van der Waals surface area contributed by atoms with Crippen molar-refractivity contribution in [3.05, 3.63) is 46.3 Å². The first-order valence-electron chi connectivity index (χ1n) is 9.10. The lowest BCUT2D eigenvalue weighted by atomic mass is 9.91. The van der Waals surface area contributed by atoms with E-state index in [1.807, 2.05) is 0 Å². The van der Waals surface area contributed by atoms with Gasteiger partial charge in [-0.05, 0) is 42.6 Å². The first-order valence-corrected chi connectivity index (χ1v) is 12.0. The van der Waals surface area contributed by atoms with Crippen molar-refractivity contribution in [2.75, 3.05) is 0 Å². The molecule has 0 radical (unpaired) electrons. The van der Waals surface area contributed by atoms with Gasteiger partial charge in [-0.3, -0.25) is 15.1 Å². The van der Waals surface area contributed by atoms with Crippen molar-refractivity contribution in [3.8, 4) is 0 Å². The first-order chi connectivity index (χ1) is 12.0. The number of pyridine rings is 1.